The van der Waals surface area contributed by atoms with E-state index in [9.17, 15) is 4.79 Å². The number of methoxy groups -OCH3 is 1. The molecule has 1 saturated heterocycles. The van der Waals surface area contributed by atoms with Crippen LogP contribution in [0.4, 0.5) is 0 Å². The van der Waals surface area contributed by atoms with Gasteiger partial charge in [-0.1, -0.05) is 18.2 Å². The largest absolute Gasteiger partial charge is 0.496 e. The molecule has 1 N–H and O–H groups in total. The van der Waals surface area contributed by atoms with E-state index in [4.69, 9.17) is 20.8 Å². The van der Waals surface area contributed by atoms with Crippen LogP contribution in [0.15, 0.2) is 40.8 Å². The number of halogens is 2. The van der Waals surface area contributed by atoms with Crippen molar-refractivity contribution in [1.82, 2.24) is 10.2 Å². The molecular formula is C16H18Cl2N2O3. The Morgan fingerprint density at radius 1 is 1.35 bits per heavy atom. The zero-order valence-corrected chi connectivity index (χ0v) is 14.2. The van der Waals surface area contributed by atoms with Gasteiger partial charge in [-0.05, 0) is 29.8 Å². The van der Waals surface area contributed by atoms with Gasteiger partial charge in [0.2, 0.25) is 0 Å². The number of piperazine rings is 1. The highest BCUT2D eigenvalue weighted by Crippen LogP contribution is 2.31. The first kappa shape index (κ1) is 17.7. The van der Waals surface area contributed by atoms with Gasteiger partial charge in [0.15, 0.2) is 11.0 Å². The van der Waals surface area contributed by atoms with Crippen LogP contribution in [0, 0.1) is 0 Å². The average Bonchev–Trinajstić information content (AvgIpc) is 3.00. The van der Waals surface area contributed by atoms with Crippen LogP contribution in [0.25, 0.3) is 0 Å². The summed E-state index contributed by atoms with van der Waals surface area (Å²) in [6, 6.07) is 10.8. The molecule has 23 heavy (non-hydrogen) atoms. The number of carbonyl (C=O) groups is 1. The molecule has 1 fully saturated rings. The molecule has 7 heteroatoms. The van der Waals surface area contributed by atoms with Crippen molar-refractivity contribution in [1.29, 1.82) is 0 Å². The van der Waals surface area contributed by atoms with Crippen molar-refractivity contribution >= 4 is 29.9 Å². The number of hydrogen-bond donors (Lipinski definition) is 1. The highest BCUT2D eigenvalue weighted by molar-refractivity contribution is 6.29. The number of rotatable bonds is 3. The van der Waals surface area contributed by atoms with E-state index in [1.54, 1.807) is 24.1 Å². The SMILES string of the molecule is COc1ccccc1C1CNCCN1C(=O)c1ccc(Cl)o1.Cl. The van der Waals surface area contributed by atoms with E-state index in [1.165, 1.54) is 0 Å². The van der Waals surface area contributed by atoms with Gasteiger partial charge in [0, 0.05) is 25.2 Å². The Kier molecular flexibility index (Phi) is 5.93. The van der Waals surface area contributed by atoms with Gasteiger partial charge in [-0.15, -0.1) is 12.4 Å². The minimum Gasteiger partial charge on any atom is -0.496 e. The molecule has 1 amide bonds. The molecule has 1 aromatic carbocycles. The highest BCUT2D eigenvalue weighted by atomic mass is 35.5. The summed E-state index contributed by atoms with van der Waals surface area (Å²) in [7, 11) is 1.63. The number of benzene rings is 1. The quantitative estimate of drug-likeness (QED) is 0.917. The van der Waals surface area contributed by atoms with Gasteiger partial charge in [0.05, 0.1) is 13.2 Å². The Labute approximate surface area is 146 Å². The number of hydrogen-bond acceptors (Lipinski definition) is 4. The van der Waals surface area contributed by atoms with Gasteiger partial charge in [-0.25, -0.2) is 0 Å². The van der Waals surface area contributed by atoms with Crippen LogP contribution >= 0.6 is 24.0 Å². The summed E-state index contributed by atoms with van der Waals surface area (Å²) in [4.78, 5) is 14.5. The Hall–Kier alpha value is -1.69. The fraction of sp³-hybridized carbons (Fsp3) is 0.312. The second-order valence-electron chi connectivity index (χ2n) is 5.06. The van der Waals surface area contributed by atoms with Gasteiger partial charge in [-0.2, -0.15) is 0 Å². The second kappa shape index (κ2) is 7.73. The van der Waals surface area contributed by atoms with Crippen molar-refractivity contribution in [2.24, 2.45) is 0 Å². The van der Waals surface area contributed by atoms with Crippen LogP contribution in [0.5, 0.6) is 5.75 Å². The van der Waals surface area contributed by atoms with E-state index < -0.39 is 0 Å². The molecule has 0 saturated carbocycles. The maximum atomic E-state index is 12.7. The van der Waals surface area contributed by atoms with E-state index in [1.807, 2.05) is 24.3 Å². The molecule has 1 atom stereocenters. The summed E-state index contributed by atoms with van der Waals surface area (Å²) in [5, 5.41) is 3.54. The van der Waals surface area contributed by atoms with E-state index in [0.29, 0.717) is 13.1 Å². The molecule has 2 heterocycles. The van der Waals surface area contributed by atoms with Crippen molar-refractivity contribution in [3.8, 4) is 5.75 Å². The zero-order valence-electron chi connectivity index (χ0n) is 12.6. The lowest BCUT2D eigenvalue weighted by atomic mass is 10.0. The van der Waals surface area contributed by atoms with Gasteiger partial charge in [0.1, 0.15) is 5.75 Å². The minimum absolute atomic E-state index is 0. The number of nitrogens with zero attached hydrogens (tertiary/aromatic N) is 1. The fourth-order valence-corrected chi connectivity index (χ4v) is 2.88. The van der Waals surface area contributed by atoms with Crippen molar-refractivity contribution in [3.05, 3.63) is 52.9 Å². The Bertz CT molecular complexity index is 675. The average molecular weight is 357 g/mol. The lowest BCUT2D eigenvalue weighted by Crippen LogP contribution is -2.48. The second-order valence-corrected chi connectivity index (χ2v) is 5.44. The molecule has 1 unspecified atom stereocenters. The van der Waals surface area contributed by atoms with Crippen LogP contribution in [-0.4, -0.2) is 37.6 Å². The highest BCUT2D eigenvalue weighted by Gasteiger charge is 2.31. The smallest absolute Gasteiger partial charge is 0.290 e. The van der Waals surface area contributed by atoms with Crippen LogP contribution in [-0.2, 0) is 0 Å². The van der Waals surface area contributed by atoms with Crippen molar-refractivity contribution in [2.75, 3.05) is 26.7 Å². The third kappa shape index (κ3) is 3.63. The van der Waals surface area contributed by atoms with E-state index >= 15 is 0 Å². The number of furan rings is 1. The Morgan fingerprint density at radius 2 is 2.13 bits per heavy atom. The van der Waals surface area contributed by atoms with Gasteiger partial charge in [-0.3, -0.25) is 4.79 Å². The predicted molar refractivity (Wildman–Crippen MR) is 90.6 cm³/mol. The standard InChI is InChI=1S/C16H17ClN2O3.ClH/c1-21-13-5-3-2-4-11(13)12-10-18-8-9-19(12)16(20)14-6-7-15(17)22-14;/h2-7,12,18H,8-10H2,1H3;1H. The Balaban J connectivity index is 0.00000192. The first-order valence-corrected chi connectivity index (χ1v) is 7.48. The third-order valence-electron chi connectivity index (χ3n) is 3.79. The van der Waals surface area contributed by atoms with Crippen LogP contribution in [0.2, 0.25) is 5.22 Å². The summed E-state index contributed by atoms with van der Waals surface area (Å²) in [5.41, 5.74) is 0.975. The number of amides is 1. The summed E-state index contributed by atoms with van der Waals surface area (Å²) >= 11 is 5.77. The molecule has 124 valence electrons. The maximum Gasteiger partial charge on any atom is 0.290 e. The molecular weight excluding hydrogens is 339 g/mol. The van der Waals surface area contributed by atoms with Crippen molar-refractivity contribution < 1.29 is 13.9 Å². The summed E-state index contributed by atoms with van der Waals surface area (Å²) in [5.74, 6) is 0.864. The lowest BCUT2D eigenvalue weighted by molar-refractivity contribution is 0.0599. The number of carbonyl (C=O) groups excluding carboxylic acids is 1. The molecule has 0 bridgehead atoms. The predicted octanol–water partition coefficient (Wildman–Crippen LogP) is 3.15. The topological polar surface area (TPSA) is 54.7 Å². The van der Waals surface area contributed by atoms with Crippen LogP contribution in [0.3, 0.4) is 0 Å². The molecule has 3 rings (SSSR count). The summed E-state index contributed by atoms with van der Waals surface area (Å²) < 4.78 is 10.7. The first-order chi connectivity index (χ1) is 10.7. The van der Waals surface area contributed by atoms with Crippen molar-refractivity contribution in [2.45, 2.75) is 6.04 Å². The molecule has 0 spiro atoms. The fourth-order valence-electron chi connectivity index (χ4n) is 2.74. The monoisotopic (exact) mass is 356 g/mol. The minimum atomic E-state index is -0.163. The van der Waals surface area contributed by atoms with Gasteiger partial charge in [0.25, 0.3) is 5.91 Å². The first-order valence-electron chi connectivity index (χ1n) is 7.10. The molecule has 5 nitrogen and oxygen atoms in total. The summed E-state index contributed by atoms with van der Waals surface area (Å²) in [6.07, 6.45) is 0. The molecule has 1 aliphatic rings. The van der Waals surface area contributed by atoms with Crippen molar-refractivity contribution in [3.63, 3.8) is 0 Å². The van der Waals surface area contributed by atoms with E-state index in [-0.39, 0.29) is 35.3 Å². The zero-order chi connectivity index (χ0) is 15.5. The van der Waals surface area contributed by atoms with E-state index in [0.717, 1.165) is 17.9 Å². The number of ether oxygens (including phenoxy) is 1. The van der Waals surface area contributed by atoms with Crippen LogP contribution < -0.4 is 10.1 Å². The normalized spacial score (nSPS) is 17.5. The molecule has 1 aliphatic heterocycles. The summed E-state index contributed by atoms with van der Waals surface area (Å²) in [6.45, 7) is 2.01. The van der Waals surface area contributed by atoms with Crippen LogP contribution in [0.1, 0.15) is 22.2 Å². The Morgan fingerprint density at radius 3 is 2.83 bits per heavy atom. The maximum absolute atomic E-state index is 12.7. The molecule has 0 radical (unpaired) electrons. The molecule has 0 aliphatic carbocycles. The third-order valence-corrected chi connectivity index (χ3v) is 3.99. The van der Waals surface area contributed by atoms with E-state index in [2.05, 4.69) is 5.32 Å². The molecule has 1 aromatic heterocycles. The van der Waals surface area contributed by atoms with Gasteiger partial charge < -0.3 is 19.4 Å². The lowest BCUT2D eigenvalue weighted by Gasteiger charge is -2.36. The van der Waals surface area contributed by atoms with Gasteiger partial charge >= 0.3 is 0 Å². The molecule has 2 aromatic rings. The number of para-hydroxylation sites is 1. The number of nitrogens with one attached hydrogen (secondary N) is 1.